The number of hydrogen-bond donors (Lipinski definition) is 0. The van der Waals surface area contributed by atoms with Gasteiger partial charge in [0, 0.05) is 13.1 Å². The van der Waals surface area contributed by atoms with Crippen LogP contribution in [0, 0.1) is 0 Å². The number of rotatable bonds is 6. The molecule has 2 aromatic rings. The van der Waals surface area contributed by atoms with E-state index in [4.69, 9.17) is 0 Å². The molecular formula is C15H20N2O. The van der Waals surface area contributed by atoms with Gasteiger partial charge in [0.15, 0.2) is 0 Å². The second kappa shape index (κ2) is 5.71. The predicted octanol–water partition coefficient (Wildman–Crippen LogP) is 3.18. The van der Waals surface area contributed by atoms with Gasteiger partial charge in [-0.15, -0.1) is 6.58 Å². The Hall–Kier alpha value is -1.77. The molecule has 0 N–H and O–H groups in total. The van der Waals surface area contributed by atoms with Crippen LogP contribution in [0.15, 0.2) is 41.7 Å². The van der Waals surface area contributed by atoms with Crippen molar-refractivity contribution >= 4 is 11.0 Å². The van der Waals surface area contributed by atoms with Gasteiger partial charge in [0.1, 0.15) is 0 Å². The summed E-state index contributed by atoms with van der Waals surface area (Å²) in [5, 5.41) is 0. The molecule has 0 spiro atoms. The summed E-state index contributed by atoms with van der Waals surface area (Å²) in [6, 6.07) is 7.97. The average Bonchev–Trinajstić information content (AvgIpc) is 2.65. The number of para-hydroxylation sites is 2. The molecule has 0 fully saturated rings. The zero-order valence-corrected chi connectivity index (χ0v) is 10.9. The lowest BCUT2D eigenvalue weighted by Crippen LogP contribution is -2.24. The molecular weight excluding hydrogens is 224 g/mol. The highest BCUT2D eigenvalue weighted by molar-refractivity contribution is 5.76. The molecule has 0 unspecified atom stereocenters. The largest absolute Gasteiger partial charge is 0.329 e. The fraction of sp³-hybridized carbons (Fsp3) is 0.400. The molecule has 0 saturated heterocycles. The zero-order valence-electron chi connectivity index (χ0n) is 10.9. The molecule has 3 nitrogen and oxygen atoms in total. The van der Waals surface area contributed by atoms with Crippen molar-refractivity contribution in [2.45, 2.75) is 39.3 Å². The summed E-state index contributed by atoms with van der Waals surface area (Å²) in [6.45, 7) is 7.26. The van der Waals surface area contributed by atoms with E-state index in [9.17, 15) is 4.79 Å². The zero-order chi connectivity index (χ0) is 13.0. The first-order chi connectivity index (χ1) is 8.79. The minimum absolute atomic E-state index is 0.0761. The molecule has 96 valence electrons. The maximum atomic E-state index is 12.4. The minimum atomic E-state index is 0.0761. The van der Waals surface area contributed by atoms with Crippen LogP contribution in [0.25, 0.3) is 11.0 Å². The molecule has 1 aromatic heterocycles. The molecule has 0 aliphatic carbocycles. The van der Waals surface area contributed by atoms with Gasteiger partial charge in [-0.3, -0.25) is 9.13 Å². The van der Waals surface area contributed by atoms with Gasteiger partial charge in [0.05, 0.1) is 11.0 Å². The summed E-state index contributed by atoms with van der Waals surface area (Å²) in [4.78, 5) is 12.4. The Kier molecular flexibility index (Phi) is 4.03. The van der Waals surface area contributed by atoms with Crippen molar-refractivity contribution in [1.29, 1.82) is 0 Å². The van der Waals surface area contributed by atoms with E-state index in [1.807, 2.05) is 28.8 Å². The number of allylic oxidation sites excluding steroid dienone is 1. The molecule has 0 bridgehead atoms. The van der Waals surface area contributed by atoms with E-state index in [0.29, 0.717) is 6.54 Å². The van der Waals surface area contributed by atoms with Crippen LogP contribution < -0.4 is 5.69 Å². The smallest absolute Gasteiger partial charge is 0.292 e. The quantitative estimate of drug-likeness (QED) is 0.566. The van der Waals surface area contributed by atoms with Crippen molar-refractivity contribution in [1.82, 2.24) is 9.13 Å². The standard InChI is InChI=1S/C15H20N2O/c1-3-5-8-12-17-14-10-7-6-9-13(14)16(11-4-2)15(17)18/h4,6-7,9-10H,2-3,5,8,11-12H2,1H3. The van der Waals surface area contributed by atoms with Crippen molar-refractivity contribution in [3.8, 4) is 0 Å². The number of aromatic nitrogens is 2. The number of nitrogens with zero attached hydrogens (tertiary/aromatic N) is 2. The van der Waals surface area contributed by atoms with Crippen LogP contribution in [-0.4, -0.2) is 9.13 Å². The van der Waals surface area contributed by atoms with Gasteiger partial charge in [0.2, 0.25) is 0 Å². The number of hydrogen-bond acceptors (Lipinski definition) is 1. The molecule has 0 aliphatic heterocycles. The molecule has 0 atom stereocenters. The van der Waals surface area contributed by atoms with Gasteiger partial charge >= 0.3 is 5.69 Å². The average molecular weight is 244 g/mol. The summed E-state index contributed by atoms with van der Waals surface area (Å²) < 4.78 is 3.67. The second-order valence-electron chi connectivity index (χ2n) is 4.53. The van der Waals surface area contributed by atoms with Gasteiger partial charge in [-0.25, -0.2) is 4.79 Å². The van der Waals surface area contributed by atoms with Gasteiger partial charge < -0.3 is 0 Å². The predicted molar refractivity (Wildman–Crippen MR) is 75.9 cm³/mol. The summed E-state index contributed by atoms with van der Waals surface area (Å²) in [6.07, 6.45) is 5.15. The molecule has 18 heavy (non-hydrogen) atoms. The first-order valence-electron chi connectivity index (χ1n) is 6.58. The van der Waals surface area contributed by atoms with E-state index in [0.717, 1.165) is 30.4 Å². The van der Waals surface area contributed by atoms with Gasteiger partial charge in [0.25, 0.3) is 0 Å². The molecule has 3 heteroatoms. The fourth-order valence-corrected chi connectivity index (χ4v) is 2.31. The molecule has 0 radical (unpaired) electrons. The van der Waals surface area contributed by atoms with E-state index in [-0.39, 0.29) is 5.69 Å². The third-order valence-electron chi connectivity index (χ3n) is 3.22. The summed E-state index contributed by atoms with van der Waals surface area (Å²) >= 11 is 0. The van der Waals surface area contributed by atoms with Crippen LogP contribution in [0.2, 0.25) is 0 Å². The van der Waals surface area contributed by atoms with E-state index >= 15 is 0 Å². The monoisotopic (exact) mass is 244 g/mol. The van der Waals surface area contributed by atoms with Crippen molar-refractivity contribution in [2.75, 3.05) is 0 Å². The number of aryl methyl sites for hydroxylation is 1. The SMILES string of the molecule is C=CCn1c(=O)n(CCCCC)c2ccccc21. The van der Waals surface area contributed by atoms with E-state index < -0.39 is 0 Å². The number of unbranched alkanes of at least 4 members (excludes halogenated alkanes) is 2. The van der Waals surface area contributed by atoms with Crippen LogP contribution >= 0.6 is 0 Å². The molecule has 0 amide bonds. The van der Waals surface area contributed by atoms with E-state index in [1.165, 1.54) is 6.42 Å². The molecule has 1 aromatic carbocycles. The van der Waals surface area contributed by atoms with Crippen LogP contribution in [0.5, 0.6) is 0 Å². The number of benzene rings is 1. The van der Waals surface area contributed by atoms with Crippen LogP contribution in [0.3, 0.4) is 0 Å². The van der Waals surface area contributed by atoms with E-state index in [1.54, 1.807) is 10.6 Å². The Bertz CT molecular complexity index is 592. The lowest BCUT2D eigenvalue weighted by atomic mass is 10.2. The first kappa shape index (κ1) is 12.7. The maximum Gasteiger partial charge on any atom is 0.329 e. The highest BCUT2D eigenvalue weighted by Gasteiger charge is 2.10. The molecule has 0 aliphatic rings. The van der Waals surface area contributed by atoms with Crippen molar-refractivity contribution in [3.63, 3.8) is 0 Å². The first-order valence-corrected chi connectivity index (χ1v) is 6.58. The lowest BCUT2D eigenvalue weighted by molar-refractivity contribution is 0.586. The highest BCUT2D eigenvalue weighted by Crippen LogP contribution is 2.13. The molecule has 0 saturated carbocycles. The van der Waals surface area contributed by atoms with E-state index in [2.05, 4.69) is 13.5 Å². The normalized spacial score (nSPS) is 10.9. The van der Waals surface area contributed by atoms with Gasteiger partial charge in [-0.2, -0.15) is 0 Å². The maximum absolute atomic E-state index is 12.4. The Morgan fingerprint density at radius 1 is 1.17 bits per heavy atom. The van der Waals surface area contributed by atoms with Crippen LogP contribution in [0.1, 0.15) is 26.2 Å². The van der Waals surface area contributed by atoms with Gasteiger partial charge in [-0.05, 0) is 18.6 Å². The van der Waals surface area contributed by atoms with Crippen molar-refractivity contribution < 1.29 is 0 Å². The number of fused-ring (bicyclic) bond motifs is 1. The van der Waals surface area contributed by atoms with Crippen molar-refractivity contribution in [3.05, 3.63) is 47.4 Å². The third kappa shape index (κ3) is 2.26. The second-order valence-corrected chi connectivity index (χ2v) is 4.53. The summed E-state index contributed by atoms with van der Waals surface area (Å²) in [7, 11) is 0. The molecule has 2 rings (SSSR count). The fourth-order valence-electron chi connectivity index (χ4n) is 2.31. The number of imidazole rings is 1. The summed E-state index contributed by atoms with van der Waals surface area (Å²) in [5.74, 6) is 0. The van der Waals surface area contributed by atoms with Crippen LogP contribution in [-0.2, 0) is 13.1 Å². The Morgan fingerprint density at radius 2 is 1.83 bits per heavy atom. The van der Waals surface area contributed by atoms with Crippen molar-refractivity contribution in [2.24, 2.45) is 0 Å². The third-order valence-corrected chi connectivity index (χ3v) is 3.22. The Balaban J connectivity index is 2.47. The van der Waals surface area contributed by atoms with Crippen LogP contribution in [0.4, 0.5) is 0 Å². The topological polar surface area (TPSA) is 26.9 Å². The lowest BCUT2D eigenvalue weighted by Gasteiger charge is -2.01. The summed E-state index contributed by atoms with van der Waals surface area (Å²) in [5.41, 5.74) is 2.10. The van der Waals surface area contributed by atoms with Gasteiger partial charge in [-0.1, -0.05) is 38.0 Å². The Morgan fingerprint density at radius 3 is 2.44 bits per heavy atom. The highest BCUT2D eigenvalue weighted by atomic mass is 16.1. The molecule has 1 heterocycles. The Labute approximate surface area is 107 Å². The minimum Gasteiger partial charge on any atom is -0.292 e.